The Bertz CT molecular complexity index is 1350. The van der Waals surface area contributed by atoms with E-state index in [1.54, 1.807) is 24.3 Å². The molecule has 9 heteroatoms. The van der Waals surface area contributed by atoms with Crippen LogP contribution in [0.2, 0.25) is 0 Å². The van der Waals surface area contributed by atoms with Crippen LogP contribution in [0.4, 0.5) is 5.69 Å². The molecule has 3 aromatic rings. The van der Waals surface area contributed by atoms with E-state index >= 15 is 0 Å². The van der Waals surface area contributed by atoms with E-state index in [1.807, 2.05) is 55.5 Å². The van der Waals surface area contributed by atoms with E-state index in [0.29, 0.717) is 54.2 Å². The van der Waals surface area contributed by atoms with Crippen molar-refractivity contribution in [1.29, 1.82) is 0 Å². The maximum absolute atomic E-state index is 13.2. The van der Waals surface area contributed by atoms with Crippen molar-refractivity contribution in [2.75, 3.05) is 24.3 Å². The number of amides is 2. The Kier molecular flexibility index (Phi) is 15.3. The number of anilines is 1. The number of ether oxygens (including phenoxy) is 3. The molecule has 0 saturated heterocycles. The van der Waals surface area contributed by atoms with Crippen LogP contribution in [0, 0.1) is 5.92 Å². The van der Waals surface area contributed by atoms with Crippen molar-refractivity contribution in [3.63, 3.8) is 0 Å². The SMILES string of the molecule is CCCCC(CC)COC(=O)CCSc1cc(OCc2ccccc2)ccc1NC(=O)c1ccc(OC[C@H](C)NC(C)=O)cc1. The zero-order valence-corrected chi connectivity index (χ0v) is 27.6. The van der Waals surface area contributed by atoms with Crippen LogP contribution in [0.3, 0.4) is 0 Å². The third-order valence-corrected chi connectivity index (χ3v) is 8.16. The second kappa shape index (κ2) is 19.4. The Balaban J connectivity index is 1.63. The van der Waals surface area contributed by atoms with Crippen molar-refractivity contribution in [1.82, 2.24) is 5.32 Å². The minimum Gasteiger partial charge on any atom is -0.491 e. The molecule has 0 aromatic heterocycles. The molecule has 0 aliphatic rings. The van der Waals surface area contributed by atoms with Crippen LogP contribution in [0.25, 0.3) is 0 Å². The standard InChI is InChI=1S/C36H46N2O6S/c1-5-7-11-28(6-2)24-44-35(40)20-21-45-34-22-32(43-25-29-12-9-8-10-13-29)18-19-33(34)38-36(41)30-14-16-31(17-15-30)42-23-26(3)37-27(4)39/h8-10,12-19,22,26,28H,5-7,11,20-21,23-25H2,1-4H3,(H,37,39)(H,38,41)/t26-,28?/m0/s1. The molecule has 0 saturated carbocycles. The van der Waals surface area contributed by atoms with Crippen molar-refractivity contribution >= 4 is 35.2 Å². The van der Waals surface area contributed by atoms with Gasteiger partial charge < -0.3 is 24.8 Å². The number of unbranched alkanes of at least 4 members (excludes halogenated alkanes) is 1. The van der Waals surface area contributed by atoms with E-state index in [1.165, 1.54) is 18.7 Å². The Morgan fingerprint density at radius 1 is 0.889 bits per heavy atom. The third-order valence-electron chi connectivity index (χ3n) is 7.10. The number of nitrogens with one attached hydrogen (secondary N) is 2. The monoisotopic (exact) mass is 634 g/mol. The van der Waals surface area contributed by atoms with Gasteiger partial charge in [-0.05, 0) is 67.3 Å². The molecule has 0 bridgehead atoms. The molecule has 242 valence electrons. The fourth-order valence-corrected chi connectivity index (χ4v) is 5.45. The van der Waals surface area contributed by atoms with Crippen LogP contribution in [0.1, 0.15) is 75.7 Å². The van der Waals surface area contributed by atoms with E-state index in [9.17, 15) is 14.4 Å². The van der Waals surface area contributed by atoms with Crippen LogP contribution < -0.4 is 20.1 Å². The van der Waals surface area contributed by atoms with Gasteiger partial charge in [-0.1, -0.05) is 63.4 Å². The van der Waals surface area contributed by atoms with Crippen molar-refractivity contribution in [3.05, 3.63) is 83.9 Å². The van der Waals surface area contributed by atoms with Crippen LogP contribution in [-0.2, 0) is 20.9 Å². The highest BCUT2D eigenvalue weighted by molar-refractivity contribution is 7.99. The molecular formula is C36H46N2O6S. The van der Waals surface area contributed by atoms with Gasteiger partial charge in [0, 0.05) is 23.1 Å². The van der Waals surface area contributed by atoms with Crippen molar-refractivity contribution in [2.24, 2.45) is 5.92 Å². The average molecular weight is 635 g/mol. The van der Waals surface area contributed by atoms with Gasteiger partial charge in [-0.3, -0.25) is 14.4 Å². The Hall–Kier alpha value is -3.98. The van der Waals surface area contributed by atoms with E-state index in [2.05, 4.69) is 24.5 Å². The minimum atomic E-state index is -0.273. The summed E-state index contributed by atoms with van der Waals surface area (Å²) in [6.45, 7) is 8.81. The first kappa shape index (κ1) is 35.5. The van der Waals surface area contributed by atoms with Gasteiger partial charge in [-0.25, -0.2) is 0 Å². The Labute approximate surface area is 271 Å². The summed E-state index contributed by atoms with van der Waals surface area (Å²) >= 11 is 1.47. The average Bonchev–Trinajstić information content (AvgIpc) is 3.04. The van der Waals surface area contributed by atoms with Gasteiger partial charge in [0.25, 0.3) is 5.91 Å². The first-order chi connectivity index (χ1) is 21.8. The summed E-state index contributed by atoms with van der Waals surface area (Å²) in [5.41, 5.74) is 2.14. The molecule has 2 N–H and O–H groups in total. The molecule has 0 radical (unpaired) electrons. The molecule has 45 heavy (non-hydrogen) atoms. The molecule has 0 aliphatic heterocycles. The summed E-state index contributed by atoms with van der Waals surface area (Å²) in [7, 11) is 0. The van der Waals surface area contributed by atoms with Crippen molar-refractivity contribution < 1.29 is 28.6 Å². The van der Waals surface area contributed by atoms with Gasteiger partial charge in [0.1, 0.15) is 24.7 Å². The summed E-state index contributed by atoms with van der Waals surface area (Å²) in [5.74, 6) is 1.56. The van der Waals surface area contributed by atoms with E-state index in [0.717, 1.165) is 36.1 Å². The molecule has 3 aromatic carbocycles. The molecule has 2 amide bonds. The number of rotatable bonds is 19. The minimum absolute atomic E-state index is 0.116. The summed E-state index contributed by atoms with van der Waals surface area (Å²) in [6.07, 6.45) is 4.60. The second-order valence-electron chi connectivity index (χ2n) is 11.0. The number of benzene rings is 3. The highest BCUT2D eigenvalue weighted by Crippen LogP contribution is 2.33. The molecule has 0 heterocycles. The highest BCUT2D eigenvalue weighted by atomic mass is 32.2. The summed E-state index contributed by atoms with van der Waals surface area (Å²) in [4.78, 5) is 37.7. The van der Waals surface area contributed by atoms with Gasteiger partial charge in [-0.15, -0.1) is 11.8 Å². The van der Waals surface area contributed by atoms with Gasteiger partial charge in [0.2, 0.25) is 5.91 Å². The van der Waals surface area contributed by atoms with Crippen molar-refractivity contribution in [2.45, 2.75) is 77.3 Å². The zero-order valence-electron chi connectivity index (χ0n) is 26.8. The number of thioether (sulfide) groups is 1. The van der Waals surface area contributed by atoms with E-state index in [-0.39, 0.29) is 30.2 Å². The molecule has 8 nitrogen and oxygen atoms in total. The van der Waals surface area contributed by atoms with Crippen LogP contribution >= 0.6 is 11.8 Å². The maximum atomic E-state index is 13.2. The summed E-state index contributed by atoms with van der Waals surface area (Å²) < 4.78 is 17.3. The van der Waals surface area contributed by atoms with Crippen LogP contribution in [0.5, 0.6) is 11.5 Å². The maximum Gasteiger partial charge on any atom is 0.306 e. The molecule has 0 spiro atoms. The van der Waals surface area contributed by atoms with Crippen molar-refractivity contribution in [3.8, 4) is 11.5 Å². The summed E-state index contributed by atoms with van der Waals surface area (Å²) in [6, 6.07) is 22.1. The predicted octanol–water partition coefficient (Wildman–Crippen LogP) is 7.66. The van der Waals surface area contributed by atoms with Gasteiger partial charge in [0.15, 0.2) is 0 Å². The van der Waals surface area contributed by atoms with Gasteiger partial charge in [0.05, 0.1) is 24.8 Å². The molecule has 3 rings (SSSR count). The lowest BCUT2D eigenvalue weighted by molar-refractivity contribution is -0.144. The van der Waals surface area contributed by atoms with Gasteiger partial charge >= 0.3 is 5.97 Å². The third kappa shape index (κ3) is 13.3. The molecule has 1 unspecified atom stereocenters. The zero-order chi connectivity index (χ0) is 32.4. The lowest BCUT2D eigenvalue weighted by Crippen LogP contribution is -2.35. The lowest BCUT2D eigenvalue weighted by atomic mass is 10.0. The number of carbonyl (C=O) groups excluding carboxylic acids is 3. The fraction of sp³-hybridized carbons (Fsp3) is 0.417. The normalized spacial score (nSPS) is 12.1. The smallest absolute Gasteiger partial charge is 0.306 e. The fourth-order valence-electron chi connectivity index (χ4n) is 4.49. The molecule has 2 atom stereocenters. The highest BCUT2D eigenvalue weighted by Gasteiger charge is 2.14. The first-order valence-corrected chi connectivity index (χ1v) is 16.7. The topological polar surface area (TPSA) is 103 Å². The lowest BCUT2D eigenvalue weighted by Gasteiger charge is -2.16. The second-order valence-corrected chi connectivity index (χ2v) is 12.2. The quantitative estimate of drug-likeness (QED) is 0.103. The van der Waals surface area contributed by atoms with E-state index in [4.69, 9.17) is 14.2 Å². The molecule has 0 fully saturated rings. The predicted molar refractivity (Wildman–Crippen MR) is 180 cm³/mol. The van der Waals surface area contributed by atoms with Gasteiger partial charge in [-0.2, -0.15) is 0 Å². The molecule has 0 aliphatic carbocycles. The Morgan fingerprint density at radius 3 is 2.31 bits per heavy atom. The first-order valence-electron chi connectivity index (χ1n) is 15.7. The van der Waals surface area contributed by atoms with E-state index < -0.39 is 0 Å². The van der Waals surface area contributed by atoms with Crippen LogP contribution in [0.15, 0.2) is 77.7 Å². The van der Waals surface area contributed by atoms with Crippen LogP contribution in [-0.4, -0.2) is 42.8 Å². The summed E-state index contributed by atoms with van der Waals surface area (Å²) in [5, 5.41) is 5.78. The number of hydrogen-bond donors (Lipinski definition) is 2. The molecular weight excluding hydrogens is 588 g/mol. The number of esters is 1. The number of hydrogen-bond acceptors (Lipinski definition) is 7. The Morgan fingerprint density at radius 2 is 1.62 bits per heavy atom. The largest absolute Gasteiger partial charge is 0.491 e. The number of carbonyl (C=O) groups is 3.